The zero-order valence-electron chi connectivity index (χ0n) is 12.7. The summed E-state index contributed by atoms with van der Waals surface area (Å²) in [5.74, 6) is 1.55. The highest BCUT2D eigenvalue weighted by molar-refractivity contribution is 9.10. The van der Waals surface area contributed by atoms with Crippen LogP contribution in [0.1, 0.15) is 25.8 Å². The van der Waals surface area contributed by atoms with E-state index in [2.05, 4.69) is 81.2 Å². The normalized spacial score (nSPS) is 10.5. The summed E-state index contributed by atoms with van der Waals surface area (Å²) in [6.45, 7) is 8.05. The van der Waals surface area contributed by atoms with Crippen molar-refractivity contribution in [3.05, 3.63) is 40.5 Å². The molecule has 1 aromatic heterocycles. The Morgan fingerprint density at radius 3 is 2.76 bits per heavy atom. The van der Waals surface area contributed by atoms with E-state index in [1.54, 1.807) is 6.20 Å². The summed E-state index contributed by atoms with van der Waals surface area (Å²) in [6.07, 6.45) is 2.85. The van der Waals surface area contributed by atoms with E-state index >= 15 is 0 Å². The van der Waals surface area contributed by atoms with E-state index in [1.165, 1.54) is 5.56 Å². The monoisotopic (exact) mass is 348 g/mol. The van der Waals surface area contributed by atoms with Crippen LogP contribution >= 0.6 is 15.9 Å². The fourth-order valence-electron chi connectivity index (χ4n) is 2.12. The Labute approximate surface area is 134 Å². The number of aromatic nitrogens is 2. The van der Waals surface area contributed by atoms with Crippen molar-refractivity contribution in [1.29, 1.82) is 0 Å². The molecule has 0 amide bonds. The molecule has 0 atom stereocenters. The molecule has 1 N–H and O–H groups in total. The lowest BCUT2D eigenvalue weighted by atomic mass is 10.2. The van der Waals surface area contributed by atoms with E-state index in [-0.39, 0.29) is 0 Å². The van der Waals surface area contributed by atoms with Crippen molar-refractivity contribution in [3.63, 3.8) is 0 Å². The highest BCUT2D eigenvalue weighted by Gasteiger charge is 2.14. The molecule has 5 heteroatoms. The van der Waals surface area contributed by atoms with Gasteiger partial charge in [0.2, 0.25) is 5.95 Å². The van der Waals surface area contributed by atoms with Gasteiger partial charge in [0.05, 0.1) is 4.47 Å². The molecule has 0 aliphatic heterocycles. The highest BCUT2D eigenvalue weighted by Crippen LogP contribution is 2.30. The maximum atomic E-state index is 4.64. The van der Waals surface area contributed by atoms with E-state index in [0.717, 1.165) is 35.5 Å². The van der Waals surface area contributed by atoms with Gasteiger partial charge < -0.3 is 10.2 Å². The summed E-state index contributed by atoms with van der Waals surface area (Å²) in [5, 5.41) is 3.23. The quantitative estimate of drug-likeness (QED) is 0.832. The van der Waals surface area contributed by atoms with Gasteiger partial charge in [0.15, 0.2) is 5.82 Å². The maximum absolute atomic E-state index is 4.64. The Hall–Kier alpha value is -1.62. The third-order valence-corrected chi connectivity index (χ3v) is 3.70. The van der Waals surface area contributed by atoms with E-state index in [0.29, 0.717) is 5.95 Å². The molecule has 0 aliphatic carbocycles. The standard InChI is InChI=1S/C16H21BrN4/c1-4-9-18-16-19-11-14(17)15(20-16)21(5-2)13-8-6-7-12(3)10-13/h6-8,10-11H,4-5,9H2,1-3H3,(H,18,19,20). The molecule has 0 saturated heterocycles. The zero-order valence-corrected chi connectivity index (χ0v) is 14.3. The Bertz CT molecular complexity index is 601. The number of aryl methyl sites for hydroxylation is 1. The first kappa shape index (κ1) is 15.8. The lowest BCUT2D eigenvalue weighted by molar-refractivity contribution is 0.931. The average Bonchev–Trinajstić information content (AvgIpc) is 2.48. The fraction of sp³-hybridized carbons (Fsp3) is 0.375. The molecule has 2 rings (SSSR count). The molecule has 0 saturated carbocycles. The minimum atomic E-state index is 0.668. The second-order valence-electron chi connectivity index (χ2n) is 4.88. The van der Waals surface area contributed by atoms with Crippen LogP contribution in [0.15, 0.2) is 34.9 Å². The summed E-state index contributed by atoms with van der Waals surface area (Å²) >= 11 is 3.56. The second-order valence-corrected chi connectivity index (χ2v) is 5.73. The van der Waals surface area contributed by atoms with Gasteiger partial charge in [0.1, 0.15) is 0 Å². The number of hydrogen-bond acceptors (Lipinski definition) is 4. The first-order valence-electron chi connectivity index (χ1n) is 7.26. The lowest BCUT2D eigenvalue weighted by Crippen LogP contribution is -2.19. The SMILES string of the molecule is CCCNc1ncc(Br)c(N(CC)c2cccc(C)c2)n1. The Kier molecular flexibility index (Phi) is 5.56. The Morgan fingerprint density at radius 1 is 1.29 bits per heavy atom. The minimum Gasteiger partial charge on any atom is -0.354 e. The molecular formula is C16H21BrN4. The second kappa shape index (κ2) is 7.41. The van der Waals surface area contributed by atoms with Crippen LogP contribution in [0.25, 0.3) is 0 Å². The van der Waals surface area contributed by atoms with Gasteiger partial charge in [-0.2, -0.15) is 4.98 Å². The van der Waals surface area contributed by atoms with Crippen LogP contribution in [0.2, 0.25) is 0 Å². The largest absolute Gasteiger partial charge is 0.354 e. The number of hydrogen-bond donors (Lipinski definition) is 1. The maximum Gasteiger partial charge on any atom is 0.224 e. The first-order valence-corrected chi connectivity index (χ1v) is 8.05. The van der Waals surface area contributed by atoms with Crippen molar-refractivity contribution in [1.82, 2.24) is 9.97 Å². The number of anilines is 3. The zero-order chi connectivity index (χ0) is 15.2. The summed E-state index contributed by atoms with van der Waals surface area (Å²) in [5.41, 5.74) is 2.37. The third-order valence-electron chi connectivity index (χ3n) is 3.14. The molecule has 0 fully saturated rings. The predicted octanol–water partition coefficient (Wildman–Crippen LogP) is 4.53. The van der Waals surface area contributed by atoms with Gasteiger partial charge in [-0.05, 0) is 53.9 Å². The fourth-order valence-corrected chi connectivity index (χ4v) is 2.52. The third kappa shape index (κ3) is 3.94. The molecule has 2 aromatic rings. The molecule has 1 heterocycles. The van der Waals surface area contributed by atoms with E-state index < -0.39 is 0 Å². The van der Waals surface area contributed by atoms with Crippen molar-refractivity contribution in [3.8, 4) is 0 Å². The van der Waals surface area contributed by atoms with Crippen LogP contribution in [0.3, 0.4) is 0 Å². The molecule has 4 nitrogen and oxygen atoms in total. The van der Waals surface area contributed by atoms with Crippen LogP contribution in [0.4, 0.5) is 17.5 Å². The molecular weight excluding hydrogens is 328 g/mol. The number of benzene rings is 1. The molecule has 1 aromatic carbocycles. The lowest BCUT2D eigenvalue weighted by Gasteiger charge is -2.24. The Morgan fingerprint density at radius 2 is 2.10 bits per heavy atom. The van der Waals surface area contributed by atoms with Crippen molar-refractivity contribution < 1.29 is 0 Å². The number of rotatable bonds is 6. The summed E-state index contributed by atoms with van der Waals surface area (Å²) in [6, 6.07) is 8.43. The van der Waals surface area contributed by atoms with Gasteiger partial charge in [0.25, 0.3) is 0 Å². The van der Waals surface area contributed by atoms with Gasteiger partial charge in [-0.15, -0.1) is 0 Å². The minimum absolute atomic E-state index is 0.668. The smallest absolute Gasteiger partial charge is 0.224 e. The molecule has 0 spiro atoms. The topological polar surface area (TPSA) is 41.1 Å². The van der Waals surface area contributed by atoms with Crippen LogP contribution in [-0.4, -0.2) is 23.1 Å². The van der Waals surface area contributed by atoms with Gasteiger partial charge in [-0.3, -0.25) is 0 Å². The molecule has 112 valence electrons. The van der Waals surface area contributed by atoms with Crippen molar-refractivity contribution in [2.75, 3.05) is 23.3 Å². The highest BCUT2D eigenvalue weighted by atomic mass is 79.9. The van der Waals surface area contributed by atoms with E-state index in [9.17, 15) is 0 Å². The van der Waals surface area contributed by atoms with Gasteiger partial charge in [-0.25, -0.2) is 4.98 Å². The predicted molar refractivity (Wildman–Crippen MR) is 92.4 cm³/mol. The molecule has 0 bridgehead atoms. The van der Waals surface area contributed by atoms with E-state index in [4.69, 9.17) is 0 Å². The van der Waals surface area contributed by atoms with Crippen LogP contribution in [0.5, 0.6) is 0 Å². The number of halogens is 1. The van der Waals surface area contributed by atoms with Crippen molar-refractivity contribution in [2.24, 2.45) is 0 Å². The molecule has 0 radical (unpaired) electrons. The van der Waals surface area contributed by atoms with Crippen LogP contribution in [0, 0.1) is 6.92 Å². The van der Waals surface area contributed by atoms with Gasteiger partial charge >= 0.3 is 0 Å². The molecule has 0 unspecified atom stereocenters. The van der Waals surface area contributed by atoms with Crippen LogP contribution in [-0.2, 0) is 0 Å². The molecule has 21 heavy (non-hydrogen) atoms. The summed E-state index contributed by atoms with van der Waals surface area (Å²) in [7, 11) is 0. The van der Waals surface area contributed by atoms with Crippen LogP contribution < -0.4 is 10.2 Å². The molecule has 0 aliphatic rings. The van der Waals surface area contributed by atoms with Gasteiger partial charge in [-0.1, -0.05) is 19.1 Å². The van der Waals surface area contributed by atoms with Crippen molar-refractivity contribution in [2.45, 2.75) is 27.2 Å². The summed E-state index contributed by atoms with van der Waals surface area (Å²) in [4.78, 5) is 11.1. The van der Waals surface area contributed by atoms with Crippen molar-refractivity contribution >= 4 is 33.4 Å². The summed E-state index contributed by atoms with van der Waals surface area (Å²) < 4.78 is 0.896. The first-order chi connectivity index (χ1) is 10.2. The average molecular weight is 349 g/mol. The number of nitrogens with zero attached hydrogens (tertiary/aromatic N) is 3. The number of nitrogens with one attached hydrogen (secondary N) is 1. The van der Waals surface area contributed by atoms with Gasteiger partial charge in [0, 0.05) is 25.0 Å². The Balaban J connectivity index is 2.37. The van der Waals surface area contributed by atoms with E-state index in [1.807, 2.05) is 0 Å².